The molecule has 1 fully saturated rings. The number of hydrogen-bond acceptors (Lipinski definition) is 5. The highest BCUT2D eigenvalue weighted by molar-refractivity contribution is 9.10. The Morgan fingerprint density at radius 3 is 2.86 bits per heavy atom. The number of pyridine rings is 1. The van der Waals surface area contributed by atoms with Gasteiger partial charge in [-0.3, -0.25) is 0 Å². The number of aromatic nitrogens is 1. The van der Waals surface area contributed by atoms with Gasteiger partial charge in [0.25, 0.3) is 0 Å². The van der Waals surface area contributed by atoms with Crippen molar-refractivity contribution in [3.8, 4) is 5.88 Å². The van der Waals surface area contributed by atoms with Crippen LogP contribution >= 0.6 is 15.9 Å². The molecule has 2 heterocycles. The molecule has 0 spiro atoms. The van der Waals surface area contributed by atoms with E-state index in [4.69, 9.17) is 10.5 Å². The number of nitrogens with two attached hydrogens (primary N) is 1. The maximum absolute atomic E-state index is 12.9. The fourth-order valence-electron chi connectivity index (χ4n) is 2.69. The minimum atomic E-state index is -3.61. The lowest BCUT2D eigenvalue weighted by molar-refractivity contribution is 0.403. The number of nitrogens with zero attached hydrogens (tertiary/aromatic N) is 2. The van der Waals surface area contributed by atoms with Crippen molar-refractivity contribution in [2.75, 3.05) is 20.2 Å². The topological polar surface area (TPSA) is 85.5 Å². The molecule has 2 N–H and O–H groups in total. The van der Waals surface area contributed by atoms with E-state index in [1.54, 1.807) is 24.4 Å². The Hall–Kier alpha value is -1.22. The summed E-state index contributed by atoms with van der Waals surface area (Å²) < 4.78 is 33.2. The van der Waals surface area contributed by atoms with E-state index in [1.807, 2.05) is 0 Å². The molecule has 2 aromatic rings. The highest BCUT2D eigenvalue weighted by Gasteiger charge is 2.32. The van der Waals surface area contributed by atoms with Gasteiger partial charge in [-0.15, -0.1) is 0 Å². The molecule has 1 aromatic heterocycles. The molecular formula is C14H16BrN3O3S. The predicted molar refractivity (Wildman–Crippen MR) is 87.3 cm³/mol. The van der Waals surface area contributed by atoms with Gasteiger partial charge < -0.3 is 10.5 Å². The van der Waals surface area contributed by atoms with Crippen LogP contribution in [0.15, 0.2) is 33.8 Å². The molecule has 22 heavy (non-hydrogen) atoms. The Morgan fingerprint density at radius 1 is 1.45 bits per heavy atom. The van der Waals surface area contributed by atoms with Crippen LogP contribution in [0.25, 0.3) is 10.8 Å². The summed E-state index contributed by atoms with van der Waals surface area (Å²) in [5.41, 5.74) is 5.84. The van der Waals surface area contributed by atoms with Gasteiger partial charge in [-0.2, -0.15) is 4.31 Å². The number of halogens is 1. The maximum atomic E-state index is 12.9. The Labute approximate surface area is 137 Å². The third-order valence-corrected chi connectivity index (χ3v) is 6.30. The van der Waals surface area contributed by atoms with Crippen molar-refractivity contribution >= 4 is 36.7 Å². The summed E-state index contributed by atoms with van der Waals surface area (Å²) in [5.74, 6) is 0.397. The van der Waals surface area contributed by atoms with Gasteiger partial charge in [0.15, 0.2) is 0 Å². The molecule has 0 aliphatic carbocycles. The summed E-state index contributed by atoms with van der Waals surface area (Å²) >= 11 is 3.40. The molecule has 8 heteroatoms. The first-order chi connectivity index (χ1) is 10.4. The molecule has 1 aliphatic rings. The van der Waals surface area contributed by atoms with Gasteiger partial charge >= 0.3 is 0 Å². The zero-order chi connectivity index (χ0) is 15.9. The fourth-order valence-corrected chi connectivity index (χ4v) is 5.09. The molecule has 1 atom stereocenters. The van der Waals surface area contributed by atoms with Crippen LogP contribution in [-0.2, 0) is 10.0 Å². The summed E-state index contributed by atoms with van der Waals surface area (Å²) in [6.07, 6.45) is 2.23. The van der Waals surface area contributed by atoms with Gasteiger partial charge in [0.1, 0.15) is 0 Å². The van der Waals surface area contributed by atoms with Gasteiger partial charge in [-0.25, -0.2) is 13.4 Å². The fraction of sp³-hybridized carbons (Fsp3) is 0.357. The maximum Gasteiger partial charge on any atom is 0.243 e. The Kier molecular flexibility index (Phi) is 4.11. The lowest BCUT2D eigenvalue weighted by Crippen LogP contribution is -2.32. The van der Waals surface area contributed by atoms with Crippen molar-refractivity contribution in [2.24, 2.45) is 5.73 Å². The molecule has 3 rings (SSSR count). The number of methoxy groups -OCH3 is 1. The van der Waals surface area contributed by atoms with Crippen LogP contribution in [0.2, 0.25) is 0 Å². The van der Waals surface area contributed by atoms with E-state index in [0.717, 1.165) is 0 Å². The average molecular weight is 386 g/mol. The van der Waals surface area contributed by atoms with Gasteiger partial charge in [0.05, 0.1) is 12.0 Å². The van der Waals surface area contributed by atoms with Crippen molar-refractivity contribution < 1.29 is 13.2 Å². The monoisotopic (exact) mass is 385 g/mol. The second-order valence-electron chi connectivity index (χ2n) is 5.21. The van der Waals surface area contributed by atoms with Crippen LogP contribution in [0, 0.1) is 0 Å². The highest BCUT2D eigenvalue weighted by atomic mass is 79.9. The van der Waals surface area contributed by atoms with Gasteiger partial charge in [-0.1, -0.05) is 6.07 Å². The van der Waals surface area contributed by atoms with Crippen LogP contribution in [0.4, 0.5) is 0 Å². The second-order valence-corrected chi connectivity index (χ2v) is 7.97. The lowest BCUT2D eigenvalue weighted by atomic mass is 10.2. The SMILES string of the molecule is COc1ncc(Br)c2c(S(=O)(=O)N3CC[C@@H](N)C3)cccc12. The molecule has 0 amide bonds. The van der Waals surface area contributed by atoms with E-state index >= 15 is 0 Å². The zero-order valence-corrected chi connectivity index (χ0v) is 14.4. The third kappa shape index (κ3) is 2.50. The number of sulfonamides is 1. The lowest BCUT2D eigenvalue weighted by Gasteiger charge is -2.18. The summed E-state index contributed by atoms with van der Waals surface area (Å²) in [7, 11) is -2.10. The molecule has 118 valence electrons. The van der Waals surface area contributed by atoms with Gasteiger partial charge in [-0.05, 0) is 34.5 Å². The molecule has 1 aromatic carbocycles. The summed E-state index contributed by atoms with van der Waals surface area (Å²) in [5, 5.41) is 1.23. The number of benzene rings is 1. The highest BCUT2D eigenvalue weighted by Crippen LogP contribution is 2.35. The molecule has 0 radical (unpaired) electrons. The minimum Gasteiger partial charge on any atom is -0.481 e. The van der Waals surface area contributed by atoms with Crippen molar-refractivity contribution in [1.82, 2.24) is 9.29 Å². The first-order valence-corrected chi connectivity index (χ1v) is 9.05. The largest absolute Gasteiger partial charge is 0.481 e. The molecule has 1 aliphatic heterocycles. The number of hydrogen-bond donors (Lipinski definition) is 1. The van der Waals surface area contributed by atoms with E-state index in [2.05, 4.69) is 20.9 Å². The second kappa shape index (κ2) is 5.77. The smallest absolute Gasteiger partial charge is 0.243 e. The van der Waals surface area contributed by atoms with Crippen LogP contribution < -0.4 is 10.5 Å². The van der Waals surface area contributed by atoms with Crippen molar-refractivity contribution in [1.29, 1.82) is 0 Å². The molecule has 6 nitrogen and oxygen atoms in total. The Morgan fingerprint density at radius 2 is 2.23 bits per heavy atom. The van der Waals surface area contributed by atoms with Crippen LogP contribution in [0.1, 0.15) is 6.42 Å². The van der Waals surface area contributed by atoms with E-state index in [0.29, 0.717) is 40.6 Å². The van der Waals surface area contributed by atoms with Crippen LogP contribution in [0.3, 0.4) is 0 Å². The van der Waals surface area contributed by atoms with Gasteiger partial charge in [0, 0.05) is 40.6 Å². The standard InChI is InChI=1S/C14H16BrN3O3S/c1-21-14-10-3-2-4-12(13(10)11(15)7-17-14)22(19,20)18-6-5-9(16)8-18/h2-4,7,9H,5-6,8,16H2,1H3/t9-/m1/s1. The molecule has 1 saturated heterocycles. The van der Waals surface area contributed by atoms with Crippen molar-refractivity contribution in [3.05, 3.63) is 28.9 Å². The Balaban J connectivity index is 2.23. The number of ether oxygens (including phenoxy) is 1. The molecule has 0 unspecified atom stereocenters. The quantitative estimate of drug-likeness (QED) is 0.869. The zero-order valence-electron chi connectivity index (χ0n) is 12.0. The molecule has 0 bridgehead atoms. The van der Waals surface area contributed by atoms with Crippen LogP contribution in [-0.4, -0.2) is 43.9 Å². The normalized spacial score (nSPS) is 19.7. The summed E-state index contributed by atoms with van der Waals surface area (Å²) in [6, 6.07) is 4.98. The third-order valence-electron chi connectivity index (χ3n) is 3.79. The first kappa shape index (κ1) is 15.7. The number of fused-ring (bicyclic) bond motifs is 1. The van der Waals surface area contributed by atoms with E-state index in [-0.39, 0.29) is 10.9 Å². The summed E-state index contributed by atoms with van der Waals surface area (Å²) in [6.45, 7) is 0.790. The van der Waals surface area contributed by atoms with Gasteiger partial charge in [0.2, 0.25) is 15.9 Å². The van der Waals surface area contributed by atoms with Crippen molar-refractivity contribution in [2.45, 2.75) is 17.4 Å². The van der Waals surface area contributed by atoms with E-state index in [9.17, 15) is 8.42 Å². The van der Waals surface area contributed by atoms with E-state index < -0.39 is 10.0 Å². The van der Waals surface area contributed by atoms with Crippen molar-refractivity contribution in [3.63, 3.8) is 0 Å². The van der Waals surface area contributed by atoms with Crippen LogP contribution in [0.5, 0.6) is 5.88 Å². The van der Waals surface area contributed by atoms with E-state index in [1.165, 1.54) is 11.4 Å². The average Bonchev–Trinajstić information content (AvgIpc) is 2.94. The molecular weight excluding hydrogens is 370 g/mol. The Bertz CT molecular complexity index is 825. The number of rotatable bonds is 3. The first-order valence-electron chi connectivity index (χ1n) is 6.82. The molecule has 0 saturated carbocycles. The predicted octanol–water partition coefficient (Wildman–Crippen LogP) is 1.73. The minimum absolute atomic E-state index is 0.107. The summed E-state index contributed by atoms with van der Waals surface area (Å²) in [4.78, 5) is 4.40.